The third kappa shape index (κ3) is 10.6. The molecule has 0 radical (unpaired) electrons. The van der Waals surface area contributed by atoms with E-state index in [2.05, 4.69) is 36.5 Å². The van der Waals surface area contributed by atoms with Gasteiger partial charge in [0.25, 0.3) is 0 Å². The van der Waals surface area contributed by atoms with Crippen LogP contribution < -0.4 is 0 Å². The van der Waals surface area contributed by atoms with Crippen molar-refractivity contribution in [2.24, 2.45) is 0 Å². The summed E-state index contributed by atoms with van der Waals surface area (Å²) in [6.07, 6.45) is 19.6. The van der Waals surface area contributed by atoms with Gasteiger partial charge in [-0.05, 0) is 24.3 Å². The normalized spacial score (nSPS) is 12.9. The summed E-state index contributed by atoms with van der Waals surface area (Å²) in [5, 5.41) is 16.8. The molecule has 31 heavy (non-hydrogen) atoms. The number of benzene rings is 2. The average Bonchev–Trinajstić information content (AvgIpc) is 3.48. The van der Waals surface area contributed by atoms with Crippen molar-refractivity contribution in [1.82, 2.24) is 0 Å². The van der Waals surface area contributed by atoms with Gasteiger partial charge in [-0.25, -0.2) is 32.9 Å². The Morgan fingerprint density at radius 3 is 1.26 bits per heavy atom. The standard InChI is InChI=1S/C12H12.2C7H6O2.Ti/c1-2-6-11(5-1)9-10-12-7-3-4-8-12;2*8-7(9)6-4-2-1-3-5-6;/h1,3,5,7H,2,4,9-10H2;2*1-5H,(H,8,9);/q-2;;;+2. The molecule has 4 nitrogen and oxygen atoms in total. The third-order valence-corrected chi connectivity index (χ3v) is 4.24. The summed E-state index contributed by atoms with van der Waals surface area (Å²) in [5.41, 5.74) is 3.39. The van der Waals surface area contributed by atoms with E-state index in [0.29, 0.717) is 11.1 Å². The van der Waals surface area contributed by atoms with Crippen molar-refractivity contribution in [2.75, 3.05) is 0 Å². The molecule has 0 fully saturated rings. The van der Waals surface area contributed by atoms with Crippen LogP contribution in [0.2, 0.25) is 0 Å². The molecule has 4 rings (SSSR count). The van der Waals surface area contributed by atoms with E-state index in [1.165, 1.54) is 11.1 Å². The minimum absolute atomic E-state index is 0. The Morgan fingerprint density at radius 1 is 0.677 bits per heavy atom. The quantitative estimate of drug-likeness (QED) is 0.440. The van der Waals surface area contributed by atoms with E-state index in [1.807, 2.05) is 0 Å². The van der Waals surface area contributed by atoms with Crippen LogP contribution in [0.25, 0.3) is 0 Å². The molecule has 5 heteroatoms. The van der Waals surface area contributed by atoms with Crippen LogP contribution >= 0.6 is 0 Å². The van der Waals surface area contributed by atoms with E-state index >= 15 is 0 Å². The summed E-state index contributed by atoms with van der Waals surface area (Å²) < 4.78 is 0. The minimum Gasteiger partial charge on any atom is -0.478 e. The molecule has 0 atom stereocenters. The summed E-state index contributed by atoms with van der Waals surface area (Å²) >= 11 is 0. The van der Waals surface area contributed by atoms with Crippen LogP contribution in [0.3, 0.4) is 0 Å². The van der Waals surface area contributed by atoms with Crippen LogP contribution in [0.4, 0.5) is 0 Å². The van der Waals surface area contributed by atoms with Gasteiger partial charge >= 0.3 is 33.7 Å². The number of rotatable bonds is 5. The van der Waals surface area contributed by atoms with Crippen molar-refractivity contribution in [1.29, 1.82) is 0 Å². The van der Waals surface area contributed by atoms with Crippen molar-refractivity contribution < 1.29 is 41.5 Å². The van der Waals surface area contributed by atoms with Crippen LogP contribution in [-0.4, -0.2) is 22.2 Å². The van der Waals surface area contributed by atoms with Gasteiger partial charge in [0.2, 0.25) is 0 Å². The van der Waals surface area contributed by atoms with Gasteiger partial charge in [-0.15, -0.1) is 12.8 Å². The maximum absolute atomic E-state index is 10.2. The molecule has 0 aliphatic heterocycles. The Kier molecular flexibility index (Phi) is 12.6. The molecule has 0 spiro atoms. The maximum atomic E-state index is 10.2. The van der Waals surface area contributed by atoms with E-state index in [-0.39, 0.29) is 21.7 Å². The van der Waals surface area contributed by atoms with Gasteiger partial charge in [0.1, 0.15) is 0 Å². The molecule has 0 heterocycles. The topological polar surface area (TPSA) is 74.6 Å². The maximum Gasteiger partial charge on any atom is 2.00 e. The SMILES string of the molecule is O=C(O)c1ccccc1.O=C(O)c1ccccc1.[C-]1=C(CCC2=[C-]CC=C2)C=CC1.[Ti+2]. The second kappa shape index (κ2) is 14.9. The molecular weight excluding hydrogens is 424 g/mol. The van der Waals surface area contributed by atoms with Gasteiger partial charge in [-0.2, -0.15) is 12.2 Å². The van der Waals surface area contributed by atoms with Gasteiger partial charge < -0.3 is 10.2 Å². The summed E-state index contributed by atoms with van der Waals surface area (Å²) in [6.45, 7) is 0. The molecule has 0 bridgehead atoms. The number of carboxylic acids is 2. The number of carbonyl (C=O) groups is 2. The molecule has 0 saturated carbocycles. The summed E-state index contributed by atoms with van der Waals surface area (Å²) in [5.74, 6) is -1.76. The van der Waals surface area contributed by atoms with E-state index < -0.39 is 11.9 Å². The molecule has 2 aliphatic rings. The Bertz CT molecular complexity index is 862. The Morgan fingerprint density at radius 2 is 1.03 bits per heavy atom. The monoisotopic (exact) mass is 448 g/mol. The number of carboxylic acid groups (broad SMARTS) is 2. The molecule has 2 aliphatic carbocycles. The predicted octanol–water partition coefficient (Wildman–Crippen LogP) is 5.91. The Labute approximate surface area is 198 Å². The number of hydrogen-bond donors (Lipinski definition) is 2. The molecule has 156 valence electrons. The zero-order valence-electron chi connectivity index (χ0n) is 17.1. The molecule has 0 saturated heterocycles. The first-order valence-corrected chi connectivity index (χ1v) is 9.65. The van der Waals surface area contributed by atoms with Crippen LogP contribution in [-0.2, 0) is 21.7 Å². The number of allylic oxidation sites excluding steroid dienone is 8. The fourth-order valence-corrected chi connectivity index (χ4v) is 2.67. The van der Waals surface area contributed by atoms with Gasteiger partial charge in [0.05, 0.1) is 11.1 Å². The van der Waals surface area contributed by atoms with Crippen molar-refractivity contribution in [2.45, 2.75) is 25.7 Å². The Balaban J connectivity index is 0.000000233. The van der Waals surface area contributed by atoms with Crippen molar-refractivity contribution in [3.63, 3.8) is 0 Å². The Hall–Kier alpha value is -2.95. The largest absolute Gasteiger partial charge is 2.00 e. The first kappa shape index (κ1) is 26.1. The molecule has 0 aromatic heterocycles. The zero-order chi connectivity index (χ0) is 21.6. The van der Waals surface area contributed by atoms with E-state index in [4.69, 9.17) is 10.2 Å². The summed E-state index contributed by atoms with van der Waals surface area (Å²) in [4.78, 5) is 20.4. The fraction of sp³-hybridized carbons (Fsp3) is 0.154. The van der Waals surface area contributed by atoms with Crippen molar-refractivity contribution in [3.05, 3.63) is 119 Å². The van der Waals surface area contributed by atoms with Gasteiger partial charge in [-0.3, -0.25) is 12.2 Å². The van der Waals surface area contributed by atoms with E-state index in [1.54, 1.807) is 60.7 Å². The number of aromatic carboxylic acids is 2. The van der Waals surface area contributed by atoms with E-state index in [9.17, 15) is 9.59 Å². The molecule has 0 unspecified atom stereocenters. The van der Waals surface area contributed by atoms with Gasteiger partial charge in [-0.1, -0.05) is 49.2 Å². The smallest absolute Gasteiger partial charge is 0.478 e. The number of hydrogen-bond acceptors (Lipinski definition) is 2. The van der Waals surface area contributed by atoms with Gasteiger partial charge in [0, 0.05) is 0 Å². The summed E-state index contributed by atoms with van der Waals surface area (Å²) in [7, 11) is 0. The third-order valence-electron chi connectivity index (χ3n) is 4.24. The fourth-order valence-electron chi connectivity index (χ4n) is 2.67. The van der Waals surface area contributed by atoms with Crippen LogP contribution in [0, 0.1) is 12.2 Å². The minimum atomic E-state index is -0.879. The molecule has 2 aromatic carbocycles. The molecule has 0 amide bonds. The first-order chi connectivity index (χ1) is 14.6. The van der Waals surface area contributed by atoms with Crippen molar-refractivity contribution >= 4 is 11.9 Å². The second-order valence-electron chi connectivity index (χ2n) is 6.46. The predicted molar refractivity (Wildman–Crippen MR) is 117 cm³/mol. The summed E-state index contributed by atoms with van der Waals surface area (Å²) in [6, 6.07) is 16.6. The van der Waals surface area contributed by atoms with Crippen LogP contribution in [0.1, 0.15) is 46.4 Å². The second-order valence-corrected chi connectivity index (χ2v) is 6.46. The molecular formula is C26H24O4Ti. The van der Waals surface area contributed by atoms with Gasteiger partial charge in [0.15, 0.2) is 0 Å². The van der Waals surface area contributed by atoms with Crippen molar-refractivity contribution in [3.8, 4) is 0 Å². The first-order valence-electron chi connectivity index (χ1n) is 9.65. The molecule has 2 N–H and O–H groups in total. The van der Waals surface area contributed by atoms with Crippen LogP contribution in [0.5, 0.6) is 0 Å². The molecule has 2 aromatic rings. The zero-order valence-corrected chi connectivity index (χ0v) is 18.7. The van der Waals surface area contributed by atoms with Crippen LogP contribution in [0.15, 0.2) is 96.1 Å². The average molecular weight is 448 g/mol. The van der Waals surface area contributed by atoms with E-state index in [0.717, 1.165) is 25.7 Å².